The summed E-state index contributed by atoms with van der Waals surface area (Å²) in [4.78, 5) is 29.1. The molecule has 0 aliphatic carbocycles. The van der Waals surface area contributed by atoms with Crippen LogP contribution in [0.3, 0.4) is 0 Å². The Morgan fingerprint density at radius 2 is 1.86 bits per heavy atom. The van der Waals surface area contributed by atoms with Gasteiger partial charge in [-0.2, -0.15) is 0 Å². The van der Waals surface area contributed by atoms with Gasteiger partial charge in [-0.25, -0.2) is 0 Å². The van der Waals surface area contributed by atoms with Crippen molar-refractivity contribution >= 4 is 11.8 Å². The molecule has 1 N–H and O–H groups in total. The van der Waals surface area contributed by atoms with E-state index in [0.717, 1.165) is 17.7 Å². The largest absolute Gasteiger partial charge is 0.493 e. The molecule has 1 aromatic carbocycles. The predicted molar refractivity (Wildman–Crippen MR) is 137 cm³/mol. The summed E-state index contributed by atoms with van der Waals surface area (Å²) in [7, 11) is 3.19. The van der Waals surface area contributed by atoms with Crippen molar-refractivity contribution in [2.75, 3.05) is 27.3 Å². The molecule has 1 atom stereocenters. The van der Waals surface area contributed by atoms with Gasteiger partial charge in [0.15, 0.2) is 11.5 Å². The van der Waals surface area contributed by atoms with E-state index in [-0.39, 0.29) is 11.8 Å². The first-order chi connectivity index (χ1) is 17.3. The summed E-state index contributed by atoms with van der Waals surface area (Å²) in [5, 5.41) is 3.08. The second-order valence-electron chi connectivity index (χ2n) is 9.78. The normalized spacial score (nSPS) is 17.3. The number of nitrogens with one attached hydrogen (secondary N) is 1. The molecule has 0 unspecified atom stereocenters. The Morgan fingerprint density at radius 3 is 2.53 bits per heavy atom. The molecule has 0 bridgehead atoms. The molecular formula is C28H35N3O5. The quantitative estimate of drug-likeness (QED) is 0.453. The topological polar surface area (TPSA) is 85.9 Å². The molecule has 0 fully saturated rings. The molecular weight excluding hydrogens is 458 g/mol. The molecule has 0 spiro atoms. The van der Waals surface area contributed by atoms with Gasteiger partial charge in [0, 0.05) is 13.1 Å². The first-order valence-electron chi connectivity index (χ1n) is 12.3. The zero-order valence-electron chi connectivity index (χ0n) is 21.7. The predicted octanol–water partition coefficient (Wildman–Crippen LogP) is 4.38. The van der Waals surface area contributed by atoms with Gasteiger partial charge in [-0.15, -0.1) is 0 Å². The van der Waals surface area contributed by atoms with Crippen LogP contribution in [0.25, 0.3) is 11.5 Å². The van der Waals surface area contributed by atoms with Gasteiger partial charge in [-0.05, 0) is 67.6 Å². The van der Waals surface area contributed by atoms with Crippen LogP contribution in [-0.4, -0.2) is 54.1 Å². The average Bonchev–Trinajstić information content (AvgIpc) is 3.53. The highest BCUT2D eigenvalue weighted by molar-refractivity contribution is 6.00. The van der Waals surface area contributed by atoms with Crippen molar-refractivity contribution in [1.82, 2.24) is 14.8 Å². The van der Waals surface area contributed by atoms with Crippen LogP contribution in [0.15, 0.2) is 53.1 Å². The van der Waals surface area contributed by atoms with E-state index in [2.05, 4.69) is 19.2 Å². The van der Waals surface area contributed by atoms with Crippen molar-refractivity contribution < 1.29 is 23.5 Å². The van der Waals surface area contributed by atoms with Crippen molar-refractivity contribution in [1.29, 1.82) is 0 Å². The third-order valence-electron chi connectivity index (χ3n) is 6.85. The van der Waals surface area contributed by atoms with Crippen molar-refractivity contribution in [2.24, 2.45) is 5.92 Å². The number of fused-ring (bicyclic) bond motifs is 1. The average molecular weight is 494 g/mol. The number of hydrogen-bond donors (Lipinski definition) is 1. The summed E-state index contributed by atoms with van der Waals surface area (Å²) in [5.74, 6) is 2.07. The molecule has 2 aromatic heterocycles. The summed E-state index contributed by atoms with van der Waals surface area (Å²) in [6.45, 7) is 7.36. The van der Waals surface area contributed by atoms with Crippen LogP contribution in [0, 0.1) is 5.92 Å². The number of carbonyl (C=O) groups is 2. The SMILES string of the molecule is COc1ccc(CCN2C(=O)c3ccc(-c4ccco4)n3C[C@@]2(C)C(=O)NCCC(C)C)cc1OC. The number of nitrogens with zero attached hydrogens (tertiary/aromatic N) is 2. The smallest absolute Gasteiger partial charge is 0.271 e. The summed E-state index contributed by atoms with van der Waals surface area (Å²) in [5.41, 5.74) is 1.24. The van der Waals surface area contributed by atoms with Gasteiger partial charge in [-0.3, -0.25) is 9.59 Å². The molecule has 0 saturated heterocycles. The standard InChI is InChI=1S/C28H35N3O5/c1-19(2)12-14-29-27(33)28(3)18-30-21(23-7-6-16-36-23)9-10-22(30)26(32)31(28)15-13-20-8-11-24(34-4)25(17-20)35-5/h6-11,16-17,19H,12-15,18H2,1-5H3,(H,29,33)/t28-/m0/s1. The fraction of sp³-hybridized carbons (Fsp3) is 0.429. The Bertz CT molecular complexity index is 1210. The number of hydrogen-bond acceptors (Lipinski definition) is 5. The Morgan fingerprint density at radius 1 is 1.11 bits per heavy atom. The lowest BCUT2D eigenvalue weighted by Gasteiger charge is -2.44. The minimum Gasteiger partial charge on any atom is -0.493 e. The highest BCUT2D eigenvalue weighted by Gasteiger charge is 2.47. The molecule has 8 heteroatoms. The van der Waals surface area contributed by atoms with Crippen LogP contribution in [0.1, 0.15) is 43.2 Å². The van der Waals surface area contributed by atoms with Gasteiger partial charge in [0.2, 0.25) is 5.91 Å². The minimum atomic E-state index is -1.07. The third-order valence-corrected chi connectivity index (χ3v) is 6.85. The number of methoxy groups -OCH3 is 2. The maximum atomic E-state index is 13.8. The van der Waals surface area contributed by atoms with Crippen LogP contribution in [-0.2, 0) is 17.8 Å². The van der Waals surface area contributed by atoms with Gasteiger partial charge in [0.1, 0.15) is 17.0 Å². The number of benzene rings is 1. The van der Waals surface area contributed by atoms with E-state index < -0.39 is 5.54 Å². The van der Waals surface area contributed by atoms with E-state index >= 15 is 0 Å². The number of carbonyl (C=O) groups excluding carboxylic acids is 2. The summed E-state index contributed by atoms with van der Waals surface area (Å²) in [6.07, 6.45) is 3.04. The molecule has 4 rings (SSSR count). The van der Waals surface area contributed by atoms with E-state index in [1.54, 1.807) is 31.4 Å². The number of amides is 2. The lowest BCUT2D eigenvalue weighted by atomic mass is 9.93. The van der Waals surface area contributed by atoms with Crippen molar-refractivity contribution in [3.05, 3.63) is 60.0 Å². The molecule has 192 valence electrons. The fourth-order valence-electron chi connectivity index (χ4n) is 4.70. The van der Waals surface area contributed by atoms with E-state index in [4.69, 9.17) is 13.9 Å². The second-order valence-corrected chi connectivity index (χ2v) is 9.78. The van der Waals surface area contributed by atoms with Crippen LogP contribution in [0.5, 0.6) is 11.5 Å². The molecule has 1 aliphatic rings. The molecule has 36 heavy (non-hydrogen) atoms. The maximum absolute atomic E-state index is 13.8. The van der Waals surface area contributed by atoms with Gasteiger partial charge in [0.25, 0.3) is 5.91 Å². The zero-order valence-corrected chi connectivity index (χ0v) is 21.7. The van der Waals surface area contributed by atoms with E-state index in [0.29, 0.717) is 54.9 Å². The lowest BCUT2D eigenvalue weighted by Crippen LogP contribution is -2.64. The van der Waals surface area contributed by atoms with Crippen LogP contribution in [0.2, 0.25) is 0 Å². The zero-order chi connectivity index (χ0) is 25.9. The monoisotopic (exact) mass is 493 g/mol. The van der Waals surface area contributed by atoms with Gasteiger partial charge in [0.05, 0.1) is 32.7 Å². The molecule has 2 amide bonds. The first kappa shape index (κ1) is 25.4. The first-order valence-corrected chi connectivity index (χ1v) is 12.3. The van der Waals surface area contributed by atoms with Gasteiger partial charge >= 0.3 is 0 Å². The Kier molecular flexibility index (Phi) is 7.43. The number of aromatic nitrogens is 1. The number of rotatable bonds is 10. The maximum Gasteiger partial charge on any atom is 0.271 e. The highest BCUT2D eigenvalue weighted by Crippen LogP contribution is 2.34. The molecule has 8 nitrogen and oxygen atoms in total. The molecule has 3 aromatic rings. The third kappa shape index (κ3) is 4.85. The highest BCUT2D eigenvalue weighted by atomic mass is 16.5. The summed E-state index contributed by atoms with van der Waals surface area (Å²) >= 11 is 0. The lowest BCUT2D eigenvalue weighted by molar-refractivity contribution is -0.132. The molecule has 0 radical (unpaired) electrons. The number of ether oxygens (including phenoxy) is 2. The van der Waals surface area contributed by atoms with Crippen molar-refractivity contribution in [2.45, 2.75) is 45.7 Å². The Balaban J connectivity index is 1.65. The Labute approximate surface area is 212 Å². The summed E-state index contributed by atoms with van der Waals surface area (Å²) in [6, 6.07) is 13.1. The van der Waals surface area contributed by atoms with Crippen molar-refractivity contribution in [3.63, 3.8) is 0 Å². The van der Waals surface area contributed by atoms with E-state index in [1.165, 1.54) is 0 Å². The van der Waals surface area contributed by atoms with Crippen LogP contribution < -0.4 is 14.8 Å². The second kappa shape index (κ2) is 10.5. The van der Waals surface area contributed by atoms with Gasteiger partial charge in [-0.1, -0.05) is 19.9 Å². The molecule has 1 aliphatic heterocycles. The van der Waals surface area contributed by atoms with Gasteiger partial charge < -0.3 is 28.7 Å². The van der Waals surface area contributed by atoms with Crippen LogP contribution >= 0.6 is 0 Å². The fourth-order valence-corrected chi connectivity index (χ4v) is 4.70. The van der Waals surface area contributed by atoms with E-state index in [9.17, 15) is 9.59 Å². The number of furan rings is 1. The molecule has 0 saturated carbocycles. The van der Waals surface area contributed by atoms with Crippen molar-refractivity contribution in [3.8, 4) is 23.0 Å². The minimum absolute atomic E-state index is 0.159. The summed E-state index contributed by atoms with van der Waals surface area (Å²) < 4.78 is 18.3. The molecule has 3 heterocycles. The Hall–Kier alpha value is -3.68. The van der Waals surface area contributed by atoms with Crippen LogP contribution in [0.4, 0.5) is 0 Å². The van der Waals surface area contributed by atoms with E-state index in [1.807, 2.05) is 47.9 Å².